The van der Waals surface area contributed by atoms with Crippen molar-refractivity contribution in [3.8, 4) is 0 Å². The Morgan fingerprint density at radius 3 is 2.69 bits per heavy atom. The summed E-state index contributed by atoms with van der Waals surface area (Å²) in [7, 11) is 0. The van der Waals surface area contributed by atoms with Gasteiger partial charge in [-0.25, -0.2) is 0 Å². The van der Waals surface area contributed by atoms with Crippen LogP contribution in [-0.2, 0) is 22.6 Å². The molecule has 0 bridgehead atoms. The largest absolute Gasteiger partial charge is 0.326 e. The van der Waals surface area contributed by atoms with Gasteiger partial charge in [-0.15, -0.1) is 0 Å². The highest BCUT2D eigenvalue weighted by atomic mass is 32.1. The summed E-state index contributed by atoms with van der Waals surface area (Å²) in [6.45, 7) is 7.69. The van der Waals surface area contributed by atoms with Crippen molar-refractivity contribution in [1.82, 2.24) is 14.8 Å². The van der Waals surface area contributed by atoms with Crippen LogP contribution in [0.3, 0.4) is 0 Å². The second kappa shape index (κ2) is 8.75. The molecule has 0 radical (unpaired) electrons. The smallest absolute Gasteiger partial charge is 0.244 e. The fraction of sp³-hybridized carbons (Fsp3) is 0.444. The maximum atomic E-state index is 12.5. The number of H-pyrrole nitrogens is 1. The molecule has 1 aromatic carbocycles. The van der Waals surface area contributed by atoms with Crippen LogP contribution in [0.2, 0.25) is 0 Å². The summed E-state index contributed by atoms with van der Waals surface area (Å²) in [5.74, 6) is 0.381. The van der Waals surface area contributed by atoms with Crippen molar-refractivity contribution in [3.05, 3.63) is 34.4 Å². The molecule has 2 aromatic rings. The Balaban J connectivity index is 2.13. The van der Waals surface area contributed by atoms with E-state index in [1.54, 1.807) is 10.6 Å². The van der Waals surface area contributed by atoms with Gasteiger partial charge in [-0.2, -0.15) is 5.10 Å². The second-order valence-corrected chi connectivity index (χ2v) is 6.89. The van der Waals surface area contributed by atoms with E-state index < -0.39 is 0 Å². The maximum absolute atomic E-state index is 12.5. The van der Waals surface area contributed by atoms with E-state index in [0.29, 0.717) is 16.1 Å². The van der Waals surface area contributed by atoms with Crippen molar-refractivity contribution in [3.63, 3.8) is 0 Å². The van der Waals surface area contributed by atoms with E-state index in [9.17, 15) is 9.59 Å². The minimum atomic E-state index is -0.199. The summed E-state index contributed by atoms with van der Waals surface area (Å²) in [5, 5.41) is 12.6. The third-order valence-electron chi connectivity index (χ3n) is 3.92. The molecule has 0 spiro atoms. The molecular formula is C18H25N5O2S. The van der Waals surface area contributed by atoms with E-state index in [1.807, 2.05) is 39.8 Å². The van der Waals surface area contributed by atoms with Crippen LogP contribution in [0.5, 0.6) is 0 Å². The predicted molar refractivity (Wildman–Crippen MR) is 105 cm³/mol. The summed E-state index contributed by atoms with van der Waals surface area (Å²) in [6, 6.07) is 5.43. The third kappa shape index (κ3) is 5.01. The molecule has 26 heavy (non-hydrogen) atoms. The molecule has 3 N–H and O–H groups in total. The van der Waals surface area contributed by atoms with Crippen molar-refractivity contribution >= 4 is 35.4 Å². The summed E-state index contributed by atoms with van der Waals surface area (Å²) in [6.07, 6.45) is 1.66. The Hall–Kier alpha value is -2.48. The summed E-state index contributed by atoms with van der Waals surface area (Å²) < 4.78 is 2.13. The standard InChI is InChI=1S/C18H25N5O2S/c1-5-6-15-21-22-18(26)23(15)10-16(24)20-14-9-13(8-7-12(14)4)19-17(25)11(2)3/h7-9,11H,5-6,10H2,1-4H3,(H,19,25)(H,20,24)(H,22,26). The Bertz CT molecular complexity index is 854. The third-order valence-corrected chi connectivity index (χ3v) is 4.23. The molecule has 8 heteroatoms. The normalized spacial score (nSPS) is 10.8. The number of rotatable bonds is 7. The van der Waals surface area contributed by atoms with Gasteiger partial charge >= 0.3 is 0 Å². The van der Waals surface area contributed by atoms with Crippen LogP contribution in [-0.4, -0.2) is 26.6 Å². The van der Waals surface area contributed by atoms with E-state index >= 15 is 0 Å². The lowest BCUT2D eigenvalue weighted by Crippen LogP contribution is -2.21. The SMILES string of the molecule is CCCc1n[nH]c(=S)n1CC(=O)Nc1cc(NC(=O)C(C)C)ccc1C. The zero-order valence-corrected chi connectivity index (χ0v) is 16.4. The van der Waals surface area contributed by atoms with Crippen LogP contribution in [0, 0.1) is 17.6 Å². The summed E-state index contributed by atoms with van der Waals surface area (Å²) in [5.41, 5.74) is 2.21. The number of aromatic amines is 1. The molecule has 0 aliphatic rings. The molecule has 140 valence electrons. The van der Waals surface area contributed by atoms with E-state index in [-0.39, 0.29) is 24.3 Å². The first-order valence-corrected chi connectivity index (χ1v) is 9.08. The van der Waals surface area contributed by atoms with E-state index in [1.165, 1.54) is 0 Å². The molecule has 2 amide bonds. The van der Waals surface area contributed by atoms with Gasteiger partial charge in [-0.1, -0.05) is 26.8 Å². The van der Waals surface area contributed by atoms with Crippen LogP contribution in [0.4, 0.5) is 11.4 Å². The highest BCUT2D eigenvalue weighted by Crippen LogP contribution is 2.21. The number of aromatic nitrogens is 3. The number of nitrogens with zero attached hydrogens (tertiary/aromatic N) is 2. The quantitative estimate of drug-likeness (QED) is 0.647. The van der Waals surface area contributed by atoms with Crippen molar-refractivity contribution in [2.24, 2.45) is 5.92 Å². The zero-order chi connectivity index (χ0) is 19.3. The Morgan fingerprint density at radius 1 is 1.31 bits per heavy atom. The fourth-order valence-corrected chi connectivity index (χ4v) is 2.60. The Morgan fingerprint density at radius 2 is 2.04 bits per heavy atom. The van der Waals surface area contributed by atoms with Crippen molar-refractivity contribution in [2.75, 3.05) is 10.6 Å². The zero-order valence-electron chi connectivity index (χ0n) is 15.5. The second-order valence-electron chi connectivity index (χ2n) is 6.50. The number of hydrogen-bond donors (Lipinski definition) is 3. The van der Waals surface area contributed by atoms with Crippen molar-refractivity contribution in [1.29, 1.82) is 0 Å². The molecule has 0 aliphatic heterocycles. The number of amides is 2. The molecule has 7 nitrogen and oxygen atoms in total. The van der Waals surface area contributed by atoms with Crippen LogP contribution >= 0.6 is 12.2 Å². The molecule has 1 heterocycles. The van der Waals surface area contributed by atoms with E-state index in [2.05, 4.69) is 20.8 Å². The number of nitrogens with one attached hydrogen (secondary N) is 3. The van der Waals surface area contributed by atoms with E-state index in [4.69, 9.17) is 12.2 Å². The number of hydrogen-bond acceptors (Lipinski definition) is 4. The molecule has 0 unspecified atom stereocenters. The number of anilines is 2. The van der Waals surface area contributed by atoms with Gasteiger partial charge in [0.2, 0.25) is 11.8 Å². The maximum Gasteiger partial charge on any atom is 0.244 e. The minimum Gasteiger partial charge on any atom is -0.326 e. The number of aryl methyl sites for hydroxylation is 2. The van der Waals surface area contributed by atoms with Crippen molar-refractivity contribution < 1.29 is 9.59 Å². The van der Waals surface area contributed by atoms with Crippen molar-refractivity contribution in [2.45, 2.75) is 47.1 Å². The van der Waals surface area contributed by atoms with Gasteiger partial charge in [-0.3, -0.25) is 19.3 Å². The molecule has 0 saturated carbocycles. The van der Waals surface area contributed by atoms with Crippen LogP contribution in [0.1, 0.15) is 38.6 Å². The number of carbonyl (C=O) groups is 2. The monoisotopic (exact) mass is 375 g/mol. The number of benzene rings is 1. The summed E-state index contributed by atoms with van der Waals surface area (Å²) >= 11 is 5.21. The highest BCUT2D eigenvalue weighted by Gasteiger charge is 2.12. The first-order chi connectivity index (χ1) is 12.3. The molecule has 2 rings (SSSR count). The first kappa shape index (κ1) is 19.8. The summed E-state index contributed by atoms with van der Waals surface area (Å²) in [4.78, 5) is 24.3. The molecule has 0 fully saturated rings. The number of carbonyl (C=O) groups excluding carboxylic acids is 2. The average molecular weight is 375 g/mol. The van der Waals surface area contributed by atoms with E-state index in [0.717, 1.165) is 24.2 Å². The predicted octanol–water partition coefficient (Wildman–Crippen LogP) is 3.43. The van der Waals surface area contributed by atoms with Crippen LogP contribution in [0.25, 0.3) is 0 Å². The lowest BCUT2D eigenvalue weighted by Gasteiger charge is -2.13. The minimum absolute atomic E-state index is 0.0694. The van der Waals surface area contributed by atoms with Crippen LogP contribution in [0.15, 0.2) is 18.2 Å². The highest BCUT2D eigenvalue weighted by molar-refractivity contribution is 7.71. The van der Waals surface area contributed by atoms with Gasteiger partial charge in [0.15, 0.2) is 4.77 Å². The molecule has 0 saturated heterocycles. The van der Waals surface area contributed by atoms with Gasteiger partial charge < -0.3 is 10.6 Å². The Kier molecular flexibility index (Phi) is 6.68. The average Bonchev–Trinajstić information content (AvgIpc) is 2.91. The lowest BCUT2D eigenvalue weighted by atomic mass is 10.1. The molecular weight excluding hydrogens is 350 g/mol. The van der Waals surface area contributed by atoms with Gasteiger partial charge in [0.05, 0.1) is 0 Å². The molecule has 0 atom stereocenters. The molecule has 0 aliphatic carbocycles. The van der Waals surface area contributed by atoms with Gasteiger partial charge in [0, 0.05) is 23.7 Å². The van der Waals surface area contributed by atoms with Gasteiger partial charge in [0.25, 0.3) is 0 Å². The first-order valence-electron chi connectivity index (χ1n) is 8.67. The van der Waals surface area contributed by atoms with Gasteiger partial charge in [0.1, 0.15) is 12.4 Å². The van der Waals surface area contributed by atoms with Crippen LogP contribution < -0.4 is 10.6 Å². The Labute approximate surface area is 158 Å². The fourth-order valence-electron chi connectivity index (χ4n) is 2.38. The topological polar surface area (TPSA) is 91.8 Å². The van der Waals surface area contributed by atoms with Gasteiger partial charge in [-0.05, 0) is 43.3 Å². The lowest BCUT2D eigenvalue weighted by molar-refractivity contribution is -0.119. The molecule has 1 aromatic heterocycles.